The Morgan fingerprint density at radius 2 is 1.10 bits per heavy atom. The van der Waals surface area contributed by atoms with Gasteiger partial charge in [0, 0.05) is 5.57 Å². The second-order valence-electron chi connectivity index (χ2n) is 7.36. The molecule has 0 aliphatic carbocycles. The molecule has 0 spiro atoms. The predicted molar refractivity (Wildman–Crippen MR) is 110 cm³/mol. The molecule has 5 unspecified atom stereocenters. The molecule has 0 aliphatic rings. The van der Waals surface area contributed by atoms with Gasteiger partial charge in [-0.1, -0.05) is 6.58 Å². The molecule has 0 saturated carbocycles. The smallest absolute Gasteiger partial charge is 0.457 e. The summed E-state index contributed by atoms with van der Waals surface area (Å²) in [6, 6.07) is 0. The van der Waals surface area contributed by atoms with Crippen molar-refractivity contribution < 1.29 is 47.4 Å². The van der Waals surface area contributed by atoms with Gasteiger partial charge in [0.25, 0.3) is 0 Å². The van der Waals surface area contributed by atoms with Crippen LogP contribution in [0.2, 0.25) is 0 Å². The highest BCUT2D eigenvalue weighted by Gasteiger charge is 2.17. The van der Waals surface area contributed by atoms with Gasteiger partial charge in [-0.05, 0) is 41.5 Å². The van der Waals surface area contributed by atoms with Gasteiger partial charge in [-0.2, -0.15) is 0 Å². The van der Waals surface area contributed by atoms with E-state index in [1.54, 1.807) is 20.8 Å². The van der Waals surface area contributed by atoms with Gasteiger partial charge in [-0.15, -0.1) is 0 Å². The molecule has 0 rings (SSSR count). The molecule has 5 atom stereocenters. The molecular formula is C19H37O10P. The Morgan fingerprint density at radius 3 is 1.43 bits per heavy atom. The molecule has 30 heavy (non-hydrogen) atoms. The van der Waals surface area contributed by atoms with Crippen molar-refractivity contribution >= 4 is 13.8 Å². The minimum Gasteiger partial charge on any atom is -0.457 e. The summed E-state index contributed by atoms with van der Waals surface area (Å²) in [5.74, 6) is -0.442. The Hall–Kier alpha value is -0.840. The Balaban J connectivity index is 3.89. The summed E-state index contributed by atoms with van der Waals surface area (Å²) in [4.78, 5) is 28.7. The second-order valence-corrected chi connectivity index (χ2v) is 8.60. The van der Waals surface area contributed by atoms with E-state index in [2.05, 4.69) is 11.1 Å². The maximum Gasteiger partial charge on any atom is 0.469 e. The molecule has 0 aromatic rings. The van der Waals surface area contributed by atoms with Crippen molar-refractivity contribution in [2.24, 2.45) is 0 Å². The summed E-state index contributed by atoms with van der Waals surface area (Å²) in [5.41, 5.74) is 0.343. The van der Waals surface area contributed by atoms with E-state index in [0.29, 0.717) is 18.8 Å². The van der Waals surface area contributed by atoms with Crippen molar-refractivity contribution in [1.82, 2.24) is 0 Å². The quantitative estimate of drug-likeness (QED) is 0.191. The molecule has 178 valence electrons. The van der Waals surface area contributed by atoms with Crippen LogP contribution in [-0.4, -0.2) is 79.3 Å². The van der Waals surface area contributed by atoms with Crippen molar-refractivity contribution in [3.63, 3.8) is 0 Å². The van der Waals surface area contributed by atoms with Crippen molar-refractivity contribution in [3.05, 3.63) is 12.2 Å². The zero-order valence-electron chi connectivity index (χ0n) is 18.7. The van der Waals surface area contributed by atoms with Crippen LogP contribution in [0, 0.1) is 0 Å². The zero-order valence-corrected chi connectivity index (χ0v) is 19.6. The van der Waals surface area contributed by atoms with Crippen LogP contribution in [0.25, 0.3) is 0 Å². The molecule has 0 saturated heterocycles. The first kappa shape index (κ1) is 29.2. The summed E-state index contributed by atoms with van der Waals surface area (Å²) in [6.45, 7) is 15.1. The highest BCUT2D eigenvalue weighted by atomic mass is 31.2. The van der Waals surface area contributed by atoms with Gasteiger partial charge in [0.15, 0.2) is 0 Å². The Morgan fingerprint density at radius 1 is 0.767 bits per heavy atom. The Bertz CT molecular complexity index is 549. The normalized spacial score (nSPS) is 17.1. The third-order valence-electron chi connectivity index (χ3n) is 3.60. The van der Waals surface area contributed by atoms with Gasteiger partial charge < -0.3 is 33.5 Å². The fourth-order valence-electron chi connectivity index (χ4n) is 1.91. The third-order valence-corrected chi connectivity index (χ3v) is 4.08. The summed E-state index contributed by atoms with van der Waals surface area (Å²) < 4.78 is 42.5. The van der Waals surface area contributed by atoms with E-state index in [1.807, 2.05) is 20.8 Å². The van der Waals surface area contributed by atoms with E-state index in [4.69, 9.17) is 33.5 Å². The van der Waals surface area contributed by atoms with Gasteiger partial charge in [0.1, 0.15) is 6.10 Å². The number of hydrogen-bond donors (Lipinski definition) is 2. The minimum atomic E-state index is -4.49. The summed E-state index contributed by atoms with van der Waals surface area (Å²) in [6.07, 6.45) is -1.45. The standard InChI is InChI=1S/C19H37O10P/c1-13(2)19(20)29-18(7)11-27-16(5)9-25-14(3)8-24-15(4)10-26-17(6)12-28-30(21,22)23/h14-18H,1,8-12H2,2-7H3,(H2,21,22,23). The minimum absolute atomic E-state index is 0.174. The second kappa shape index (κ2) is 15.0. The van der Waals surface area contributed by atoms with Crippen LogP contribution in [0.15, 0.2) is 12.2 Å². The van der Waals surface area contributed by atoms with E-state index in [1.165, 1.54) is 0 Å². The average Bonchev–Trinajstić information content (AvgIpc) is 2.65. The number of carbonyl (C=O) groups is 1. The zero-order chi connectivity index (χ0) is 23.3. The number of hydrogen-bond acceptors (Lipinski definition) is 8. The van der Waals surface area contributed by atoms with Gasteiger partial charge in [0.2, 0.25) is 0 Å². The molecule has 2 N–H and O–H groups in total. The van der Waals surface area contributed by atoms with E-state index >= 15 is 0 Å². The highest BCUT2D eigenvalue weighted by molar-refractivity contribution is 7.46. The van der Waals surface area contributed by atoms with Crippen molar-refractivity contribution in [2.75, 3.05) is 33.0 Å². The van der Waals surface area contributed by atoms with Gasteiger partial charge in [-0.25, -0.2) is 9.36 Å². The van der Waals surface area contributed by atoms with Crippen molar-refractivity contribution in [3.8, 4) is 0 Å². The lowest BCUT2D eigenvalue weighted by molar-refractivity contribution is -0.148. The van der Waals surface area contributed by atoms with Gasteiger partial charge >= 0.3 is 13.8 Å². The van der Waals surface area contributed by atoms with Crippen LogP contribution in [0.4, 0.5) is 0 Å². The number of phosphoric ester groups is 1. The van der Waals surface area contributed by atoms with Gasteiger partial charge in [0.05, 0.1) is 57.5 Å². The number of esters is 1. The topological polar surface area (TPSA) is 130 Å². The molecule has 11 heteroatoms. The molecule has 0 bridgehead atoms. The summed E-state index contributed by atoms with van der Waals surface area (Å²) in [5, 5.41) is 0. The molecule has 0 aliphatic heterocycles. The Labute approximate surface area is 179 Å². The largest absolute Gasteiger partial charge is 0.469 e. The molecule has 0 aromatic carbocycles. The summed E-state index contributed by atoms with van der Waals surface area (Å²) in [7, 11) is -4.49. The predicted octanol–water partition coefficient (Wildman–Crippen LogP) is 2.22. The van der Waals surface area contributed by atoms with Crippen LogP contribution >= 0.6 is 7.82 Å². The molecule has 0 aromatic heterocycles. The summed E-state index contributed by atoms with van der Waals surface area (Å²) >= 11 is 0. The van der Waals surface area contributed by atoms with Crippen LogP contribution in [-0.2, 0) is 37.6 Å². The average molecular weight is 456 g/mol. The molecule has 10 nitrogen and oxygen atoms in total. The number of carbonyl (C=O) groups excluding carboxylic acids is 1. The SMILES string of the molecule is C=C(C)C(=O)OC(C)COC(C)COC(C)COC(C)COC(C)COP(=O)(O)O. The van der Waals surface area contributed by atoms with Crippen LogP contribution in [0.3, 0.4) is 0 Å². The third kappa shape index (κ3) is 16.9. The molecular weight excluding hydrogens is 419 g/mol. The fourth-order valence-corrected chi connectivity index (χ4v) is 2.32. The monoisotopic (exact) mass is 456 g/mol. The molecule has 0 fully saturated rings. The van der Waals surface area contributed by atoms with Crippen molar-refractivity contribution in [1.29, 1.82) is 0 Å². The van der Waals surface area contributed by atoms with Crippen LogP contribution < -0.4 is 0 Å². The first-order valence-electron chi connectivity index (χ1n) is 9.83. The molecule has 0 radical (unpaired) electrons. The first-order chi connectivity index (χ1) is 13.8. The number of rotatable bonds is 17. The van der Waals surface area contributed by atoms with Crippen molar-refractivity contribution in [2.45, 2.75) is 72.1 Å². The maximum atomic E-state index is 11.4. The lowest BCUT2D eigenvalue weighted by Gasteiger charge is -2.22. The lowest BCUT2D eigenvalue weighted by atomic mass is 10.3. The number of phosphoric acid groups is 1. The van der Waals surface area contributed by atoms with E-state index < -0.39 is 19.9 Å². The number of ether oxygens (including phenoxy) is 5. The first-order valence-corrected chi connectivity index (χ1v) is 11.4. The van der Waals surface area contributed by atoms with E-state index in [-0.39, 0.29) is 44.2 Å². The van der Waals surface area contributed by atoms with Crippen LogP contribution in [0.5, 0.6) is 0 Å². The van der Waals surface area contributed by atoms with E-state index in [0.717, 1.165) is 0 Å². The maximum absolute atomic E-state index is 11.4. The van der Waals surface area contributed by atoms with Crippen LogP contribution in [0.1, 0.15) is 41.5 Å². The lowest BCUT2D eigenvalue weighted by Crippen LogP contribution is -2.29. The van der Waals surface area contributed by atoms with Gasteiger partial charge in [-0.3, -0.25) is 4.52 Å². The fraction of sp³-hybridized carbons (Fsp3) is 0.842. The Kier molecular flexibility index (Phi) is 14.6. The molecule has 0 amide bonds. The highest BCUT2D eigenvalue weighted by Crippen LogP contribution is 2.35. The molecule has 0 heterocycles. The van der Waals surface area contributed by atoms with E-state index in [9.17, 15) is 9.36 Å².